The average Bonchev–Trinajstić information content (AvgIpc) is 2.79. The number of nitrogens with zero attached hydrogens (tertiary/aromatic N) is 2. The molecule has 98 valence electrons. The van der Waals surface area contributed by atoms with E-state index in [1.54, 1.807) is 12.3 Å². The van der Waals surface area contributed by atoms with E-state index < -0.39 is 0 Å². The molecule has 0 radical (unpaired) electrons. The van der Waals surface area contributed by atoms with Crippen molar-refractivity contribution in [3.05, 3.63) is 65.2 Å². The molecule has 0 fully saturated rings. The van der Waals surface area contributed by atoms with Crippen molar-refractivity contribution in [2.45, 2.75) is 19.1 Å². The van der Waals surface area contributed by atoms with Gasteiger partial charge in [0, 0.05) is 43.6 Å². The number of halogens is 1. The van der Waals surface area contributed by atoms with E-state index in [9.17, 15) is 4.39 Å². The van der Waals surface area contributed by atoms with Crippen LogP contribution >= 0.6 is 0 Å². The van der Waals surface area contributed by atoms with Crippen LogP contribution in [0.5, 0.6) is 0 Å². The highest BCUT2D eigenvalue weighted by atomic mass is 19.1. The van der Waals surface area contributed by atoms with Crippen molar-refractivity contribution >= 4 is 0 Å². The molecular weight excluding hydrogens is 241 g/mol. The summed E-state index contributed by atoms with van der Waals surface area (Å²) in [7, 11) is 0. The van der Waals surface area contributed by atoms with Crippen LogP contribution in [-0.2, 0) is 13.1 Å². The van der Waals surface area contributed by atoms with Gasteiger partial charge in [0.05, 0.1) is 0 Å². The Bertz CT molecular complexity index is 571. The van der Waals surface area contributed by atoms with E-state index in [1.807, 2.05) is 24.4 Å². The molecule has 1 unspecified atom stereocenters. The SMILES string of the molecule is NCC1c2cccc(F)c2CN1Cc1cccnc1. The van der Waals surface area contributed by atoms with E-state index in [1.165, 1.54) is 6.07 Å². The van der Waals surface area contributed by atoms with Gasteiger partial charge in [-0.1, -0.05) is 18.2 Å². The Hall–Kier alpha value is -1.78. The normalized spacial score (nSPS) is 18.5. The van der Waals surface area contributed by atoms with Gasteiger partial charge >= 0.3 is 0 Å². The largest absolute Gasteiger partial charge is 0.329 e. The molecule has 3 rings (SSSR count). The van der Waals surface area contributed by atoms with E-state index in [-0.39, 0.29) is 11.9 Å². The van der Waals surface area contributed by atoms with Crippen molar-refractivity contribution < 1.29 is 4.39 Å². The van der Waals surface area contributed by atoms with Crippen LogP contribution in [0.3, 0.4) is 0 Å². The number of benzene rings is 1. The Kier molecular flexibility index (Phi) is 3.27. The van der Waals surface area contributed by atoms with Gasteiger partial charge in [0.2, 0.25) is 0 Å². The maximum absolute atomic E-state index is 13.8. The van der Waals surface area contributed by atoms with Crippen molar-refractivity contribution in [2.75, 3.05) is 6.54 Å². The van der Waals surface area contributed by atoms with E-state index in [2.05, 4.69) is 9.88 Å². The zero-order chi connectivity index (χ0) is 13.2. The van der Waals surface area contributed by atoms with Crippen LogP contribution in [0.2, 0.25) is 0 Å². The monoisotopic (exact) mass is 257 g/mol. The van der Waals surface area contributed by atoms with Gasteiger partial charge in [0.15, 0.2) is 0 Å². The summed E-state index contributed by atoms with van der Waals surface area (Å²) in [6.45, 7) is 1.85. The summed E-state index contributed by atoms with van der Waals surface area (Å²) < 4.78 is 13.8. The molecule has 0 saturated heterocycles. The number of hydrogen-bond acceptors (Lipinski definition) is 3. The van der Waals surface area contributed by atoms with Crippen molar-refractivity contribution in [1.82, 2.24) is 9.88 Å². The molecule has 0 amide bonds. The molecule has 0 aliphatic carbocycles. The number of aromatic nitrogens is 1. The number of fused-ring (bicyclic) bond motifs is 1. The zero-order valence-corrected chi connectivity index (χ0v) is 10.6. The van der Waals surface area contributed by atoms with Crippen molar-refractivity contribution in [1.29, 1.82) is 0 Å². The Balaban J connectivity index is 1.88. The molecule has 0 bridgehead atoms. The summed E-state index contributed by atoms with van der Waals surface area (Å²) in [5.74, 6) is -0.135. The molecule has 1 atom stereocenters. The van der Waals surface area contributed by atoms with Crippen LogP contribution in [0.15, 0.2) is 42.7 Å². The Morgan fingerprint density at radius 1 is 1.32 bits per heavy atom. The van der Waals surface area contributed by atoms with Crippen LogP contribution in [0, 0.1) is 5.82 Å². The summed E-state index contributed by atoms with van der Waals surface area (Å²) in [4.78, 5) is 6.31. The minimum absolute atomic E-state index is 0.0888. The molecule has 2 heterocycles. The van der Waals surface area contributed by atoms with E-state index >= 15 is 0 Å². The second-order valence-corrected chi connectivity index (χ2v) is 4.83. The highest BCUT2D eigenvalue weighted by Crippen LogP contribution is 2.35. The third-order valence-corrected chi connectivity index (χ3v) is 3.65. The average molecular weight is 257 g/mol. The molecule has 1 aromatic carbocycles. The van der Waals surface area contributed by atoms with E-state index in [0.29, 0.717) is 13.1 Å². The van der Waals surface area contributed by atoms with Gasteiger partial charge in [-0.25, -0.2) is 4.39 Å². The first-order valence-corrected chi connectivity index (χ1v) is 6.40. The quantitative estimate of drug-likeness (QED) is 0.917. The molecule has 2 N–H and O–H groups in total. The van der Waals surface area contributed by atoms with Crippen LogP contribution in [0.1, 0.15) is 22.7 Å². The molecule has 4 heteroatoms. The van der Waals surface area contributed by atoms with Crippen LogP contribution in [0.4, 0.5) is 4.39 Å². The predicted molar refractivity (Wildman–Crippen MR) is 71.7 cm³/mol. The molecule has 1 aromatic heterocycles. The Morgan fingerprint density at radius 3 is 2.95 bits per heavy atom. The summed E-state index contributed by atoms with van der Waals surface area (Å²) in [5, 5.41) is 0. The molecule has 2 aromatic rings. The number of rotatable bonds is 3. The maximum atomic E-state index is 13.8. The molecule has 1 aliphatic rings. The van der Waals surface area contributed by atoms with Gasteiger partial charge in [-0.05, 0) is 23.3 Å². The molecule has 19 heavy (non-hydrogen) atoms. The molecular formula is C15H16FN3. The molecule has 3 nitrogen and oxygen atoms in total. The van der Waals surface area contributed by atoms with Gasteiger partial charge in [0.1, 0.15) is 5.82 Å². The zero-order valence-electron chi connectivity index (χ0n) is 10.6. The third kappa shape index (κ3) is 2.25. The van der Waals surface area contributed by atoms with Gasteiger partial charge in [-0.15, -0.1) is 0 Å². The third-order valence-electron chi connectivity index (χ3n) is 3.65. The minimum atomic E-state index is -0.135. The topological polar surface area (TPSA) is 42.1 Å². The fourth-order valence-electron chi connectivity index (χ4n) is 2.73. The fourth-order valence-corrected chi connectivity index (χ4v) is 2.73. The lowest BCUT2D eigenvalue weighted by Gasteiger charge is -2.23. The lowest BCUT2D eigenvalue weighted by atomic mass is 10.0. The molecule has 0 spiro atoms. The molecule has 0 saturated carbocycles. The van der Waals surface area contributed by atoms with Crippen LogP contribution in [0.25, 0.3) is 0 Å². The fraction of sp³-hybridized carbons (Fsp3) is 0.267. The lowest BCUT2D eigenvalue weighted by Crippen LogP contribution is -2.27. The first kappa shape index (κ1) is 12.3. The second-order valence-electron chi connectivity index (χ2n) is 4.83. The van der Waals surface area contributed by atoms with Gasteiger partial charge in [-0.2, -0.15) is 0 Å². The van der Waals surface area contributed by atoms with E-state index in [4.69, 9.17) is 5.73 Å². The van der Waals surface area contributed by atoms with Crippen molar-refractivity contribution in [3.8, 4) is 0 Å². The summed E-state index contributed by atoms with van der Waals surface area (Å²) >= 11 is 0. The predicted octanol–water partition coefficient (Wildman–Crippen LogP) is 2.24. The van der Waals surface area contributed by atoms with Gasteiger partial charge < -0.3 is 5.73 Å². The Labute approximate surface area is 111 Å². The van der Waals surface area contributed by atoms with Gasteiger partial charge in [0.25, 0.3) is 0 Å². The Morgan fingerprint density at radius 2 is 2.21 bits per heavy atom. The standard InChI is InChI=1S/C15H16FN3/c16-14-5-1-4-12-13(14)10-19(15(12)7-17)9-11-3-2-6-18-8-11/h1-6,8,15H,7,9-10,17H2. The first-order chi connectivity index (χ1) is 9.29. The van der Waals surface area contributed by atoms with E-state index in [0.717, 1.165) is 23.2 Å². The van der Waals surface area contributed by atoms with Gasteiger partial charge in [-0.3, -0.25) is 9.88 Å². The summed E-state index contributed by atoms with van der Waals surface area (Å²) in [5.41, 5.74) is 8.78. The highest BCUT2D eigenvalue weighted by Gasteiger charge is 2.30. The summed E-state index contributed by atoms with van der Waals surface area (Å²) in [6.07, 6.45) is 3.59. The highest BCUT2D eigenvalue weighted by molar-refractivity contribution is 5.35. The molecule has 1 aliphatic heterocycles. The second kappa shape index (κ2) is 5.07. The number of nitrogens with two attached hydrogens (primary N) is 1. The lowest BCUT2D eigenvalue weighted by molar-refractivity contribution is 0.210. The van der Waals surface area contributed by atoms with Crippen molar-refractivity contribution in [3.63, 3.8) is 0 Å². The minimum Gasteiger partial charge on any atom is -0.329 e. The first-order valence-electron chi connectivity index (χ1n) is 6.40. The summed E-state index contributed by atoms with van der Waals surface area (Å²) in [6, 6.07) is 9.27. The smallest absolute Gasteiger partial charge is 0.128 e. The van der Waals surface area contributed by atoms with Crippen LogP contribution < -0.4 is 5.73 Å². The number of hydrogen-bond donors (Lipinski definition) is 1. The van der Waals surface area contributed by atoms with Crippen molar-refractivity contribution in [2.24, 2.45) is 5.73 Å². The maximum Gasteiger partial charge on any atom is 0.128 e. The van der Waals surface area contributed by atoms with Crippen LogP contribution in [-0.4, -0.2) is 16.4 Å². The number of pyridine rings is 1.